The highest BCUT2D eigenvalue weighted by Gasteiger charge is 2.34. The molecule has 0 saturated carbocycles. The van der Waals surface area contributed by atoms with Crippen LogP contribution in [0.25, 0.3) is 12.2 Å². The molecule has 4 nitrogen and oxygen atoms in total. The molecule has 0 spiro atoms. The first-order valence-corrected chi connectivity index (χ1v) is 14.4. The molecule has 38 heavy (non-hydrogen) atoms. The lowest BCUT2D eigenvalue weighted by molar-refractivity contribution is -0.113. The third-order valence-electron chi connectivity index (χ3n) is 6.89. The van der Waals surface area contributed by atoms with Gasteiger partial charge in [0.15, 0.2) is 5.78 Å². The summed E-state index contributed by atoms with van der Waals surface area (Å²) < 4.78 is 28.5. The van der Waals surface area contributed by atoms with E-state index >= 15 is 0 Å². The van der Waals surface area contributed by atoms with Gasteiger partial charge in [0.05, 0.1) is 4.90 Å². The quantitative estimate of drug-likeness (QED) is 0.343. The first-order chi connectivity index (χ1) is 17.7. The number of carbonyl (C=O) groups is 1. The Labute approximate surface area is 227 Å². The zero-order valence-electron chi connectivity index (χ0n) is 23.2. The van der Waals surface area contributed by atoms with Crippen molar-refractivity contribution in [3.63, 3.8) is 0 Å². The normalized spacial score (nSPS) is 17.8. The third-order valence-corrected chi connectivity index (χ3v) is 8.70. The Morgan fingerprint density at radius 2 is 1.03 bits per heavy atom. The minimum Gasteiger partial charge on any atom is -0.289 e. The van der Waals surface area contributed by atoms with E-state index in [0.717, 1.165) is 11.1 Å². The standard InChI is InChI=1S/C33H37NO3S/c1-32(2,3)28-16-12-24(13-17-28)20-26-22-34(38(36,37)30-10-8-7-9-11-30)23-27(31(26)35)21-25-14-18-29(19-15-25)33(4,5)6/h7-21H,22-23H2,1-6H3. The van der Waals surface area contributed by atoms with Crippen molar-refractivity contribution in [1.82, 2.24) is 4.31 Å². The molecule has 0 aromatic heterocycles. The number of sulfonamides is 1. The highest BCUT2D eigenvalue weighted by molar-refractivity contribution is 7.89. The molecule has 1 saturated heterocycles. The molecule has 4 rings (SSSR count). The van der Waals surface area contributed by atoms with Crippen molar-refractivity contribution >= 4 is 28.0 Å². The fourth-order valence-corrected chi connectivity index (χ4v) is 5.90. The van der Waals surface area contributed by atoms with Crippen molar-refractivity contribution < 1.29 is 13.2 Å². The lowest BCUT2D eigenvalue weighted by Gasteiger charge is -2.29. The van der Waals surface area contributed by atoms with Crippen LogP contribution in [-0.2, 0) is 25.6 Å². The van der Waals surface area contributed by atoms with Gasteiger partial charge in [-0.2, -0.15) is 4.31 Å². The van der Waals surface area contributed by atoms with Crippen LogP contribution < -0.4 is 0 Å². The van der Waals surface area contributed by atoms with Gasteiger partial charge in [0.25, 0.3) is 0 Å². The molecule has 0 unspecified atom stereocenters. The van der Waals surface area contributed by atoms with Gasteiger partial charge in [0.1, 0.15) is 0 Å². The van der Waals surface area contributed by atoms with Crippen molar-refractivity contribution in [2.75, 3.05) is 13.1 Å². The van der Waals surface area contributed by atoms with Gasteiger partial charge in [0, 0.05) is 24.2 Å². The van der Waals surface area contributed by atoms with Crippen molar-refractivity contribution in [2.24, 2.45) is 0 Å². The maximum Gasteiger partial charge on any atom is 0.243 e. The molecule has 1 heterocycles. The van der Waals surface area contributed by atoms with Gasteiger partial charge in [-0.3, -0.25) is 4.79 Å². The molecule has 3 aromatic carbocycles. The lowest BCUT2D eigenvalue weighted by atomic mass is 9.86. The smallest absolute Gasteiger partial charge is 0.243 e. The first-order valence-electron chi connectivity index (χ1n) is 13.0. The van der Waals surface area contributed by atoms with E-state index < -0.39 is 10.0 Å². The van der Waals surface area contributed by atoms with E-state index in [1.165, 1.54) is 15.4 Å². The minimum atomic E-state index is -3.79. The predicted molar refractivity (Wildman–Crippen MR) is 156 cm³/mol. The average molecular weight is 528 g/mol. The summed E-state index contributed by atoms with van der Waals surface area (Å²) in [6, 6.07) is 24.6. The summed E-state index contributed by atoms with van der Waals surface area (Å²) in [6.07, 6.45) is 3.63. The molecule has 0 atom stereocenters. The zero-order valence-corrected chi connectivity index (χ0v) is 24.0. The molecule has 0 amide bonds. The molecular formula is C33H37NO3S. The Morgan fingerprint density at radius 1 is 0.632 bits per heavy atom. The van der Waals surface area contributed by atoms with Crippen molar-refractivity contribution in [2.45, 2.75) is 57.3 Å². The molecule has 0 N–H and O–H groups in total. The van der Waals surface area contributed by atoms with Crippen LogP contribution in [-0.4, -0.2) is 31.6 Å². The number of piperidine rings is 1. The molecule has 1 aliphatic heterocycles. The average Bonchev–Trinajstić information content (AvgIpc) is 2.86. The van der Waals surface area contributed by atoms with Gasteiger partial charge in [-0.25, -0.2) is 8.42 Å². The summed E-state index contributed by atoms with van der Waals surface area (Å²) in [4.78, 5) is 13.9. The second-order valence-corrected chi connectivity index (χ2v) is 13.9. The highest BCUT2D eigenvalue weighted by atomic mass is 32.2. The van der Waals surface area contributed by atoms with Gasteiger partial charge in [-0.05, 0) is 57.4 Å². The van der Waals surface area contributed by atoms with Crippen molar-refractivity contribution in [1.29, 1.82) is 0 Å². The van der Waals surface area contributed by atoms with Crippen LogP contribution in [0.1, 0.15) is 63.8 Å². The number of carbonyl (C=O) groups excluding carboxylic acids is 1. The van der Waals surface area contributed by atoms with Gasteiger partial charge < -0.3 is 0 Å². The Kier molecular flexibility index (Phi) is 7.64. The van der Waals surface area contributed by atoms with Gasteiger partial charge in [-0.1, -0.05) is 108 Å². The summed E-state index contributed by atoms with van der Waals surface area (Å²) >= 11 is 0. The SMILES string of the molecule is CC(C)(C)c1ccc(C=C2CN(S(=O)(=O)c3ccccc3)CC(=Cc3ccc(C(C)(C)C)cc3)C2=O)cc1. The van der Waals surface area contributed by atoms with Crippen LogP contribution in [0.5, 0.6) is 0 Å². The Balaban J connectivity index is 1.75. The summed E-state index contributed by atoms with van der Waals surface area (Å²) in [5.41, 5.74) is 5.08. The lowest BCUT2D eigenvalue weighted by Crippen LogP contribution is -2.41. The number of Topliss-reactive ketones (excluding diaryl/α,β-unsaturated/α-hetero) is 1. The van der Waals surface area contributed by atoms with Crippen LogP contribution in [0.2, 0.25) is 0 Å². The number of benzene rings is 3. The third kappa shape index (κ3) is 6.23. The van der Waals surface area contributed by atoms with E-state index in [2.05, 4.69) is 65.8 Å². The fraction of sp³-hybridized carbons (Fsp3) is 0.303. The number of hydrogen-bond acceptors (Lipinski definition) is 3. The predicted octanol–water partition coefficient (Wildman–Crippen LogP) is 7.02. The largest absolute Gasteiger partial charge is 0.289 e. The number of rotatable bonds is 4. The Hall–Kier alpha value is -3.28. The van der Waals surface area contributed by atoms with Crippen LogP contribution in [0.15, 0.2) is 94.9 Å². The van der Waals surface area contributed by atoms with Crippen LogP contribution in [0, 0.1) is 0 Å². The van der Waals surface area contributed by atoms with Crippen LogP contribution in [0.4, 0.5) is 0 Å². The van der Waals surface area contributed by atoms with Gasteiger partial charge >= 0.3 is 0 Å². The number of nitrogens with zero attached hydrogens (tertiary/aromatic N) is 1. The summed E-state index contributed by atoms with van der Waals surface area (Å²) in [6.45, 7) is 13.0. The summed E-state index contributed by atoms with van der Waals surface area (Å²) in [5, 5.41) is 0. The van der Waals surface area contributed by atoms with E-state index in [0.29, 0.717) is 11.1 Å². The topological polar surface area (TPSA) is 54.5 Å². The van der Waals surface area contributed by atoms with Crippen LogP contribution in [0.3, 0.4) is 0 Å². The summed E-state index contributed by atoms with van der Waals surface area (Å²) in [5.74, 6) is -0.121. The van der Waals surface area contributed by atoms with Crippen molar-refractivity contribution in [3.8, 4) is 0 Å². The van der Waals surface area contributed by atoms with E-state index in [9.17, 15) is 13.2 Å². The van der Waals surface area contributed by atoms with E-state index in [-0.39, 0.29) is 34.6 Å². The van der Waals surface area contributed by atoms with Gasteiger partial charge in [-0.15, -0.1) is 0 Å². The summed E-state index contributed by atoms with van der Waals surface area (Å²) in [7, 11) is -3.79. The molecule has 0 radical (unpaired) electrons. The zero-order chi connectivity index (χ0) is 27.7. The van der Waals surface area contributed by atoms with Gasteiger partial charge in [0.2, 0.25) is 10.0 Å². The molecule has 3 aromatic rings. The van der Waals surface area contributed by atoms with E-state index in [1.54, 1.807) is 30.3 Å². The molecule has 5 heteroatoms. The first kappa shape index (κ1) is 27.7. The maximum atomic E-state index is 13.6. The van der Waals surface area contributed by atoms with E-state index in [4.69, 9.17) is 0 Å². The second kappa shape index (κ2) is 10.5. The molecule has 198 valence electrons. The molecule has 0 aliphatic carbocycles. The molecular weight excluding hydrogens is 490 g/mol. The fourth-order valence-electron chi connectivity index (χ4n) is 4.48. The minimum absolute atomic E-state index is 0.0192. The Morgan fingerprint density at radius 3 is 1.39 bits per heavy atom. The number of hydrogen-bond donors (Lipinski definition) is 0. The Bertz CT molecular complexity index is 1390. The van der Waals surface area contributed by atoms with E-state index in [1.807, 2.05) is 36.4 Å². The highest BCUT2D eigenvalue weighted by Crippen LogP contribution is 2.29. The molecule has 1 fully saturated rings. The molecule has 1 aliphatic rings. The van der Waals surface area contributed by atoms with Crippen LogP contribution >= 0.6 is 0 Å². The maximum absolute atomic E-state index is 13.6. The molecule has 0 bridgehead atoms. The number of ketones is 1. The second-order valence-electron chi connectivity index (χ2n) is 12.0. The van der Waals surface area contributed by atoms with Crippen molar-refractivity contribution in [3.05, 3.63) is 112 Å². The monoisotopic (exact) mass is 527 g/mol.